The molecule has 1 aliphatic rings. The van der Waals surface area contributed by atoms with Crippen LogP contribution in [0.4, 0.5) is 0 Å². The maximum absolute atomic E-state index is 11.4. The molecule has 82 valence electrons. The van der Waals surface area contributed by atoms with Gasteiger partial charge in [0.1, 0.15) is 5.71 Å². The number of halogens is 1. The maximum atomic E-state index is 11.4. The SMILES string of the molecule is CCCC1=CC(C)(C)C=CN=C1C(=O)I. The van der Waals surface area contributed by atoms with E-state index in [0.29, 0.717) is 5.71 Å². The van der Waals surface area contributed by atoms with E-state index in [4.69, 9.17) is 0 Å². The van der Waals surface area contributed by atoms with Crippen molar-refractivity contribution in [2.75, 3.05) is 0 Å². The first kappa shape index (κ1) is 12.6. The van der Waals surface area contributed by atoms with Crippen LogP contribution in [-0.4, -0.2) is 9.50 Å². The summed E-state index contributed by atoms with van der Waals surface area (Å²) in [6, 6.07) is 0. The van der Waals surface area contributed by atoms with Gasteiger partial charge in [-0.05, 0) is 12.0 Å². The van der Waals surface area contributed by atoms with Gasteiger partial charge in [-0.2, -0.15) is 0 Å². The van der Waals surface area contributed by atoms with Gasteiger partial charge < -0.3 is 0 Å². The summed E-state index contributed by atoms with van der Waals surface area (Å²) in [6.07, 6.45) is 7.86. The van der Waals surface area contributed by atoms with Crippen LogP contribution in [0.5, 0.6) is 0 Å². The molecule has 1 rings (SSSR count). The lowest BCUT2D eigenvalue weighted by atomic mass is 9.89. The molecule has 0 unspecified atom stereocenters. The van der Waals surface area contributed by atoms with Gasteiger partial charge in [0.25, 0.3) is 0 Å². The predicted octanol–water partition coefficient (Wildman–Crippen LogP) is 3.67. The number of nitrogens with zero attached hydrogens (tertiary/aromatic N) is 1. The number of carbonyl (C=O) groups excluding carboxylic acids is 1. The summed E-state index contributed by atoms with van der Waals surface area (Å²) in [4.78, 5) is 15.7. The zero-order chi connectivity index (χ0) is 11.5. The molecule has 1 heterocycles. The third kappa shape index (κ3) is 3.55. The molecular weight excluding hydrogens is 301 g/mol. The van der Waals surface area contributed by atoms with E-state index in [-0.39, 0.29) is 9.20 Å². The van der Waals surface area contributed by atoms with E-state index in [2.05, 4.69) is 31.8 Å². The van der Waals surface area contributed by atoms with Gasteiger partial charge in [0.15, 0.2) is 0 Å². The van der Waals surface area contributed by atoms with Gasteiger partial charge in [0, 0.05) is 34.2 Å². The van der Waals surface area contributed by atoms with E-state index in [9.17, 15) is 4.79 Å². The Bertz CT molecular complexity index is 351. The van der Waals surface area contributed by atoms with Crippen molar-refractivity contribution in [3.63, 3.8) is 0 Å². The summed E-state index contributed by atoms with van der Waals surface area (Å²) < 4.78 is 0.0228. The van der Waals surface area contributed by atoms with Gasteiger partial charge in [-0.15, -0.1) is 0 Å². The minimum atomic E-state index is -0.0121. The third-order valence-electron chi connectivity index (χ3n) is 2.26. The number of allylic oxidation sites excluding steroid dienone is 3. The van der Waals surface area contributed by atoms with Gasteiger partial charge in [-0.25, -0.2) is 0 Å². The molecule has 3 heteroatoms. The Morgan fingerprint density at radius 3 is 2.73 bits per heavy atom. The lowest BCUT2D eigenvalue weighted by molar-refractivity contribution is -0.104. The largest absolute Gasteiger partial charge is 0.280 e. The Balaban J connectivity index is 3.11. The molecule has 15 heavy (non-hydrogen) atoms. The van der Waals surface area contributed by atoms with Gasteiger partial charge in [0.2, 0.25) is 3.79 Å². The number of carbonyl (C=O) groups is 1. The highest BCUT2D eigenvalue weighted by molar-refractivity contribution is 14.1. The number of aliphatic imine (C=N–C) groups is 1. The Morgan fingerprint density at radius 1 is 1.53 bits per heavy atom. The molecule has 0 atom stereocenters. The summed E-state index contributed by atoms with van der Waals surface area (Å²) in [6.45, 7) is 6.35. The van der Waals surface area contributed by atoms with Crippen LogP contribution in [0.15, 0.2) is 28.9 Å². The molecule has 0 aliphatic carbocycles. The molecule has 0 aromatic heterocycles. The Kier molecular flexibility index (Phi) is 4.25. The molecular formula is C12H16INO. The fourth-order valence-corrected chi connectivity index (χ4v) is 2.07. The molecule has 0 N–H and O–H groups in total. The van der Waals surface area contributed by atoms with E-state index in [0.717, 1.165) is 18.4 Å². The first-order valence-corrected chi connectivity index (χ1v) is 6.21. The monoisotopic (exact) mass is 317 g/mol. The van der Waals surface area contributed by atoms with Crippen LogP contribution in [0, 0.1) is 5.41 Å². The van der Waals surface area contributed by atoms with Crippen molar-refractivity contribution in [1.82, 2.24) is 0 Å². The molecule has 0 amide bonds. The van der Waals surface area contributed by atoms with Gasteiger partial charge >= 0.3 is 0 Å². The van der Waals surface area contributed by atoms with Crippen LogP contribution in [0.1, 0.15) is 33.6 Å². The standard InChI is InChI=1S/C12H16INO/c1-4-5-9-8-12(2,3)6-7-14-10(9)11(13)15/h6-8H,4-5H2,1-3H3. The molecule has 0 saturated carbocycles. The summed E-state index contributed by atoms with van der Waals surface area (Å²) in [5.41, 5.74) is 1.67. The molecule has 0 saturated heterocycles. The second-order valence-corrected chi connectivity index (χ2v) is 5.29. The fourth-order valence-electron chi connectivity index (χ4n) is 1.59. The van der Waals surface area contributed by atoms with Crippen LogP contribution < -0.4 is 0 Å². The van der Waals surface area contributed by atoms with Crippen LogP contribution in [0.25, 0.3) is 0 Å². The zero-order valence-electron chi connectivity index (χ0n) is 9.38. The molecule has 1 aliphatic heterocycles. The minimum absolute atomic E-state index is 0.0121. The van der Waals surface area contributed by atoms with Crippen molar-refractivity contribution < 1.29 is 4.79 Å². The Hall–Kier alpha value is -0.450. The summed E-state index contributed by atoms with van der Waals surface area (Å²) in [7, 11) is 0. The molecule has 2 nitrogen and oxygen atoms in total. The summed E-state index contributed by atoms with van der Waals surface area (Å²) in [5.74, 6) is 0. The number of rotatable bonds is 3. The van der Waals surface area contributed by atoms with E-state index in [1.54, 1.807) is 28.8 Å². The van der Waals surface area contributed by atoms with E-state index in [1.165, 1.54) is 0 Å². The first-order valence-electron chi connectivity index (χ1n) is 5.13. The van der Waals surface area contributed by atoms with Crippen LogP contribution in [0.2, 0.25) is 0 Å². The minimum Gasteiger partial charge on any atom is -0.280 e. The second-order valence-electron chi connectivity index (χ2n) is 4.31. The Morgan fingerprint density at radius 2 is 2.20 bits per heavy atom. The first-order chi connectivity index (χ1) is 6.96. The molecule has 0 bridgehead atoms. The van der Waals surface area contributed by atoms with Gasteiger partial charge in [0.05, 0.1) is 0 Å². The highest BCUT2D eigenvalue weighted by Gasteiger charge is 2.20. The quantitative estimate of drug-likeness (QED) is 0.577. The van der Waals surface area contributed by atoms with Gasteiger partial charge in [-0.1, -0.05) is 39.3 Å². The van der Waals surface area contributed by atoms with E-state index < -0.39 is 0 Å². The number of hydrogen-bond donors (Lipinski definition) is 0. The van der Waals surface area contributed by atoms with Gasteiger partial charge in [-0.3, -0.25) is 9.79 Å². The maximum Gasteiger partial charge on any atom is 0.240 e. The Labute approximate surface area is 105 Å². The van der Waals surface area contributed by atoms with Crippen LogP contribution in [-0.2, 0) is 4.79 Å². The molecule has 0 spiro atoms. The van der Waals surface area contributed by atoms with Crippen molar-refractivity contribution in [2.45, 2.75) is 33.6 Å². The van der Waals surface area contributed by atoms with Crippen LogP contribution >= 0.6 is 22.6 Å². The highest BCUT2D eigenvalue weighted by Crippen LogP contribution is 2.26. The molecule has 0 radical (unpaired) electrons. The topological polar surface area (TPSA) is 29.4 Å². The summed E-state index contributed by atoms with van der Waals surface area (Å²) >= 11 is 1.80. The fraction of sp³-hybridized carbons (Fsp3) is 0.500. The normalized spacial score (nSPS) is 19.2. The molecule has 0 fully saturated rings. The highest BCUT2D eigenvalue weighted by atomic mass is 127. The zero-order valence-corrected chi connectivity index (χ0v) is 11.5. The smallest absolute Gasteiger partial charge is 0.240 e. The van der Waals surface area contributed by atoms with Crippen molar-refractivity contribution >= 4 is 32.1 Å². The van der Waals surface area contributed by atoms with Crippen molar-refractivity contribution in [3.8, 4) is 0 Å². The molecule has 0 aromatic rings. The number of hydrogen-bond acceptors (Lipinski definition) is 2. The van der Waals surface area contributed by atoms with Crippen molar-refractivity contribution in [3.05, 3.63) is 23.9 Å². The molecule has 0 aromatic carbocycles. The predicted molar refractivity (Wildman–Crippen MR) is 72.4 cm³/mol. The van der Waals surface area contributed by atoms with E-state index >= 15 is 0 Å². The van der Waals surface area contributed by atoms with Crippen LogP contribution in [0.3, 0.4) is 0 Å². The van der Waals surface area contributed by atoms with E-state index in [1.807, 2.05) is 6.08 Å². The average Bonchev–Trinajstić information content (AvgIpc) is 2.24. The van der Waals surface area contributed by atoms with Crippen molar-refractivity contribution in [1.29, 1.82) is 0 Å². The third-order valence-corrected chi connectivity index (χ3v) is 2.77. The van der Waals surface area contributed by atoms with Crippen molar-refractivity contribution in [2.24, 2.45) is 10.4 Å². The lowest BCUT2D eigenvalue weighted by Gasteiger charge is -2.15. The average molecular weight is 317 g/mol. The summed E-state index contributed by atoms with van der Waals surface area (Å²) in [5, 5.41) is 0. The lowest BCUT2D eigenvalue weighted by Crippen LogP contribution is -2.12. The second kappa shape index (κ2) is 5.05.